The predicted octanol–water partition coefficient (Wildman–Crippen LogP) is 5.36. The van der Waals surface area contributed by atoms with Crippen LogP contribution in [-0.2, 0) is 9.59 Å². The van der Waals surface area contributed by atoms with Gasteiger partial charge in [0.05, 0.1) is 35.3 Å². The summed E-state index contributed by atoms with van der Waals surface area (Å²) in [4.78, 5) is 26.7. The van der Waals surface area contributed by atoms with Crippen molar-refractivity contribution in [3.63, 3.8) is 0 Å². The van der Waals surface area contributed by atoms with Gasteiger partial charge in [-0.2, -0.15) is 0 Å². The minimum Gasteiger partial charge on any atom is -0.497 e. The molecule has 7 heteroatoms. The molecule has 0 spiro atoms. The number of rotatable bonds is 6. The van der Waals surface area contributed by atoms with Crippen molar-refractivity contribution in [2.24, 2.45) is 0 Å². The van der Waals surface area contributed by atoms with Crippen molar-refractivity contribution in [1.29, 1.82) is 0 Å². The molecule has 156 valence electrons. The zero-order valence-electron chi connectivity index (χ0n) is 16.9. The Balaban J connectivity index is 1.69. The molecule has 0 bridgehead atoms. The minimum absolute atomic E-state index is 0.116. The van der Waals surface area contributed by atoms with Gasteiger partial charge in [-0.1, -0.05) is 53.5 Å². The summed E-state index contributed by atoms with van der Waals surface area (Å²) in [5, 5.41) is 5.39. The lowest BCUT2D eigenvalue weighted by Crippen LogP contribution is -2.37. The van der Waals surface area contributed by atoms with Gasteiger partial charge in [-0.3, -0.25) is 9.59 Å². The van der Waals surface area contributed by atoms with Crippen LogP contribution in [0.5, 0.6) is 5.75 Å². The lowest BCUT2D eigenvalue weighted by Gasteiger charge is -2.22. The average Bonchev–Trinajstić information content (AvgIpc) is 2.74. The fraction of sp³-hybridized carbons (Fsp3) is 0.217. The number of benzene rings is 3. The number of anilines is 1. The summed E-state index contributed by atoms with van der Waals surface area (Å²) in [6.07, 6.45) is 0. The van der Waals surface area contributed by atoms with E-state index in [9.17, 15) is 9.59 Å². The summed E-state index contributed by atoms with van der Waals surface area (Å²) in [6.45, 7) is 1.71. The second-order valence-corrected chi connectivity index (χ2v) is 7.85. The lowest BCUT2D eigenvalue weighted by atomic mass is 9.96. The number of fused-ring (bicyclic) bond motifs is 1. The van der Waals surface area contributed by atoms with Crippen molar-refractivity contribution in [2.75, 3.05) is 26.0 Å². The summed E-state index contributed by atoms with van der Waals surface area (Å²) in [6, 6.07) is 16.6. The normalized spacial score (nSPS) is 11.8. The number of carbonyl (C=O) groups is 2. The van der Waals surface area contributed by atoms with Crippen LogP contribution in [0.25, 0.3) is 10.8 Å². The first kappa shape index (κ1) is 21.9. The van der Waals surface area contributed by atoms with Crippen molar-refractivity contribution >= 4 is 51.5 Å². The van der Waals surface area contributed by atoms with E-state index in [1.165, 1.54) is 4.90 Å². The molecule has 0 aliphatic rings. The summed E-state index contributed by atoms with van der Waals surface area (Å²) in [5.41, 5.74) is 1.21. The molecule has 3 aromatic carbocycles. The van der Waals surface area contributed by atoms with E-state index < -0.39 is 5.92 Å². The van der Waals surface area contributed by atoms with Crippen LogP contribution >= 0.6 is 23.2 Å². The van der Waals surface area contributed by atoms with Crippen molar-refractivity contribution in [3.8, 4) is 5.75 Å². The molecule has 3 aromatic rings. The van der Waals surface area contributed by atoms with E-state index in [-0.39, 0.29) is 18.4 Å². The Kier molecular flexibility index (Phi) is 6.85. The maximum atomic E-state index is 12.9. The number of para-hydroxylation sites is 1. The maximum absolute atomic E-state index is 12.9. The van der Waals surface area contributed by atoms with Gasteiger partial charge < -0.3 is 15.0 Å². The lowest BCUT2D eigenvalue weighted by molar-refractivity contribution is -0.134. The molecule has 0 heterocycles. The molecular weight excluding hydrogens is 423 g/mol. The molecule has 0 fully saturated rings. The molecule has 1 N–H and O–H groups in total. The third kappa shape index (κ3) is 4.86. The number of methoxy groups -OCH3 is 1. The number of hydrogen-bond donors (Lipinski definition) is 1. The van der Waals surface area contributed by atoms with Gasteiger partial charge >= 0.3 is 0 Å². The Hall–Kier alpha value is -2.76. The number of carbonyl (C=O) groups excluding carboxylic acids is 2. The number of nitrogens with zero attached hydrogens (tertiary/aromatic N) is 1. The number of hydrogen-bond acceptors (Lipinski definition) is 3. The SMILES string of the molecule is COc1ccc2cc(C(C)C(=O)N(C)CC(=O)Nc3c(Cl)cccc3Cl)ccc2c1. The van der Waals surface area contributed by atoms with E-state index in [4.69, 9.17) is 27.9 Å². The summed E-state index contributed by atoms with van der Waals surface area (Å²) < 4.78 is 5.25. The molecule has 1 unspecified atom stereocenters. The third-order valence-corrected chi connectivity index (χ3v) is 5.56. The van der Waals surface area contributed by atoms with Gasteiger partial charge in [0, 0.05) is 7.05 Å². The first-order valence-corrected chi connectivity index (χ1v) is 10.1. The van der Waals surface area contributed by atoms with Gasteiger partial charge in [0.2, 0.25) is 11.8 Å². The highest BCUT2D eigenvalue weighted by Crippen LogP contribution is 2.30. The minimum atomic E-state index is -0.404. The highest BCUT2D eigenvalue weighted by atomic mass is 35.5. The number of halogens is 2. The van der Waals surface area contributed by atoms with E-state index in [2.05, 4.69) is 5.32 Å². The molecule has 2 amide bonds. The van der Waals surface area contributed by atoms with Crippen molar-refractivity contribution in [1.82, 2.24) is 4.90 Å². The van der Waals surface area contributed by atoms with Gasteiger partial charge in [-0.25, -0.2) is 0 Å². The van der Waals surface area contributed by atoms with E-state index in [1.807, 2.05) is 43.3 Å². The van der Waals surface area contributed by atoms with Gasteiger partial charge in [0.1, 0.15) is 5.75 Å². The standard InChI is InChI=1S/C23H22Cl2N2O3/c1-14(15-7-8-17-12-18(30-3)10-9-16(17)11-15)23(29)27(2)13-21(28)26-22-19(24)5-4-6-20(22)25/h4-12,14H,13H2,1-3H3,(H,26,28). The molecule has 0 aromatic heterocycles. The Morgan fingerprint density at radius 1 is 1.03 bits per heavy atom. The smallest absolute Gasteiger partial charge is 0.244 e. The molecule has 0 radical (unpaired) electrons. The Morgan fingerprint density at radius 3 is 2.33 bits per heavy atom. The van der Waals surface area contributed by atoms with Gasteiger partial charge in [-0.15, -0.1) is 0 Å². The maximum Gasteiger partial charge on any atom is 0.244 e. The van der Waals surface area contributed by atoms with Crippen LogP contribution in [0.4, 0.5) is 5.69 Å². The van der Waals surface area contributed by atoms with Crippen molar-refractivity contribution < 1.29 is 14.3 Å². The van der Waals surface area contributed by atoms with Crippen LogP contribution in [0.3, 0.4) is 0 Å². The van der Waals surface area contributed by atoms with Crippen LogP contribution in [0.1, 0.15) is 18.4 Å². The quantitative estimate of drug-likeness (QED) is 0.556. The summed E-state index contributed by atoms with van der Waals surface area (Å²) in [5.74, 6) is -0.163. The number of amides is 2. The highest BCUT2D eigenvalue weighted by molar-refractivity contribution is 6.39. The second kappa shape index (κ2) is 9.37. The third-order valence-electron chi connectivity index (χ3n) is 4.93. The number of nitrogens with one attached hydrogen (secondary N) is 1. The van der Waals surface area contributed by atoms with Gasteiger partial charge in [0.15, 0.2) is 0 Å². The molecule has 30 heavy (non-hydrogen) atoms. The van der Waals surface area contributed by atoms with E-state index in [0.717, 1.165) is 22.1 Å². The number of likely N-dealkylation sites (N-methyl/N-ethyl adjacent to an activating group) is 1. The van der Waals surface area contributed by atoms with Gasteiger partial charge in [0.25, 0.3) is 0 Å². The fourth-order valence-electron chi connectivity index (χ4n) is 3.20. The molecule has 0 saturated carbocycles. The molecule has 0 saturated heterocycles. The molecule has 3 rings (SSSR count). The summed E-state index contributed by atoms with van der Waals surface area (Å²) in [7, 11) is 3.22. The van der Waals surface area contributed by atoms with E-state index >= 15 is 0 Å². The molecule has 1 atom stereocenters. The molecular formula is C23H22Cl2N2O3. The van der Waals surface area contributed by atoms with Crippen molar-refractivity contribution in [2.45, 2.75) is 12.8 Å². The van der Waals surface area contributed by atoms with E-state index in [0.29, 0.717) is 15.7 Å². The Labute approximate surface area is 185 Å². The number of ether oxygens (including phenoxy) is 1. The summed E-state index contributed by atoms with van der Waals surface area (Å²) >= 11 is 12.2. The van der Waals surface area contributed by atoms with Crippen LogP contribution < -0.4 is 10.1 Å². The second-order valence-electron chi connectivity index (χ2n) is 7.03. The zero-order chi connectivity index (χ0) is 21.8. The first-order valence-electron chi connectivity index (χ1n) is 9.36. The zero-order valence-corrected chi connectivity index (χ0v) is 18.4. The largest absolute Gasteiger partial charge is 0.497 e. The molecule has 5 nitrogen and oxygen atoms in total. The van der Waals surface area contributed by atoms with Gasteiger partial charge in [-0.05, 0) is 47.5 Å². The molecule has 0 aliphatic heterocycles. The van der Waals surface area contributed by atoms with Crippen LogP contribution in [0, 0.1) is 0 Å². The molecule has 0 aliphatic carbocycles. The van der Waals surface area contributed by atoms with Crippen LogP contribution in [-0.4, -0.2) is 37.4 Å². The van der Waals surface area contributed by atoms with Crippen LogP contribution in [0.15, 0.2) is 54.6 Å². The predicted molar refractivity (Wildman–Crippen MR) is 122 cm³/mol. The Bertz CT molecular complexity index is 1080. The van der Waals surface area contributed by atoms with Crippen LogP contribution in [0.2, 0.25) is 10.0 Å². The first-order chi connectivity index (χ1) is 14.3. The van der Waals surface area contributed by atoms with E-state index in [1.54, 1.807) is 32.4 Å². The highest BCUT2D eigenvalue weighted by Gasteiger charge is 2.22. The van der Waals surface area contributed by atoms with Crippen molar-refractivity contribution in [3.05, 3.63) is 70.2 Å². The topological polar surface area (TPSA) is 58.6 Å². The fourth-order valence-corrected chi connectivity index (χ4v) is 3.69. The Morgan fingerprint density at radius 2 is 1.67 bits per heavy atom. The average molecular weight is 445 g/mol. The monoisotopic (exact) mass is 444 g/mol.